The van der Waals surface area contributed by atoms with E-state index in [1.54, 1.807) is 50.4 Å². The summed E-state index contributed by atoms with van der Waals surface area (Å²) in [5.74, 6) is -0.899. The van der Waals surface area contributed by atoms with E-state index in [0.717, 1.165) is 0 Å². The van der Waals surface area contributed by atoms with Crippen molar-refractivity contribution in [3.63, 3.8) is 0 Å². The zero-order valence-corrected chi connectivity index (χ0v) is 13.1. The number of allylic oxidation sites excluding steroid dienone is 2. The van der Waals surface area contributed by atoms with Crippen LogP contribution in [0.4, 0.5) is 0 Å². The molecule has 0 fully saturated rings. The lowest BCUT2D eigenvalue weighted by Crippen LogP contribution is -2.57. The summed E-state index contributed by atoms with van der Waals surface area (Å²) in [6, 6.07) is 6.24. The van der Waals surface area contributed by atoms with Crippen molar-refractivity contribution in [1.82, 2.24) is 4.90 Å². The van der Waals surface area contributed by atoms with E-state index in [4.69, 9.17) is 4.74 Å². The molecule has 0 aliphatic carbocycles. The number of hydrogen-bond donors (Lipinski definition) is 0. The van der Waals surface area contributed by atoms with E-state index in [0.29, 0.717) is 0 Å². The third-order valence-electron chi connectivity index (χ3n) is 3.95. The van der Waals surface area contributed by atoms with Gasteiger partial charge in [0.05, 0.1) is 42.0 Å². The molecule has 2 aliphatic rings. The number of carbonyl (C=O) groups is 1. The maximum absolute atomic E-state index is 12.5. The minimum atomic E-state index is -2.26. The second kappa shape index (κ2) is 5.92. The average molecular weight is 319 g/mol. The molecule has 0 aromatic heterocycles. The quantitative estimate of drug-likeness (QED) is 0.708. The van der Waals surface area contributed by atoms with Gasteiger partial charge < -0.3 is 9.64 Å². The van der Waals surface area contributed by atoms with E-state index in [9.17, 15) is 25.8 Å². The second-order valence-electron chi connectivity index (χ2n) is 5.62. The highest BCUT2D eigenvalue weighted by Crippen LogP contribution is 2.52. The summed E-state index contributed by atoms with van der Waals surface area (Å²) in [6.45, 7) is 3.24. The number of hydrogen-bond acceptors (Lipinski definition) is 7. The predicted octanol–water partition coefficient (Wildman–Crippen LogP) is 1.66. The van der Waals surface area contributed by atoms with Gasteiger partial charge in [0.1, 0.15) is 0 Å². The average Bonchev–Trinajstić information content (AvgIpc) is 2.59. The molecule has 7 heteroatoms. The Hall–Kier alpha value is -3.55. The van der Waals surface area contributed by atoms with E-state index < -0.39 is 28.9 Å². The first-order valence-corrected chi connectivity index (χ1v) is 7.13. The molecular weight excluding hydrogens is 306 g/mol. The molecule has 0 radical (unpaired) electrons. The van der Waals surface area contributed by atoms with E-state index in [1.807, 2.05) is 12.1 Å². The minimum absolute atomic E-state index is 0.319. The lowest BCUT2D eigenvalue weighted by Gasteiger charge is -2.45. The number of rotatable bonds is 2. The number of nitrogens with zero attached hydrogens (tertiary/aromatic N) is 5. The van der Waals surface area contributed by atoms with Crippen LogP contribution in [0.3, 0.4) is 0 Å². The Bertz CT molecular complexity index is 795. The summed E-state index contributed by atoms with van der Waals surface area (Å²) in [5, 5.41) is 38.8. The van der Waals surface area contributed by atoms with Crippen molar-refractivity contribution in [3.05, 3.63) is 36.2 Å². The Kier molecular flexibility index (Phi) is 4.15. The fraction of sp³-hybridized carbons (Fsp3) is 0.353. The van der Waals surface area contributed by atoms with Crippen LogP contribution < -0.4 is 0 Å². The van der Waals surface area contributed by atoms with E-state index >= 15 is 0 Å². The van der Waals surface area contributed by atoms with Crippen molar-refractivity contribution in [1.29, 1.82) is 21.0 Å². The third-order valence-corrected chi connectivity index (χ3v) is 3.95. The number of esters is 1. The van der Waals surface area contributed by atoms with Gasteiger partial charge in [0, 0.05) is 12.4 Å². The number of ether oxygens (including phenoxy) is 1. The topological polar surface area (TPSA) is 125 Å². The molecule has 0 aromatic carbocycles. The molecule has 0 spiro atoms. The van der Waals surface area contributed by atoms with Crippen molar-refractivity contribution in [2.24, 2.45) is 10.8 Å². The van der Waals surface area contributed by atoms with Crippen LogP contribution in [-0.2, 0) is 9.53 Å². The van der Waals surface area contributed by atoms with Crippen molar-refractivity contribution in [2.75, 3.05) is 0 Å². The Labute approximate surface area is 139 Å². The number of nitriles is 4. The standard InChI is InChI=1S/C17H13N5O2/c1-12(2)24-15(23)13-7-22-6-4-3-5-14(22)17(10-20,11-21)16(13,8-18)9-19/h3-7,12,14H,1-2H3. The molecule has 1 unspecified atom stereocenters. The molecule has 0 N–H and O–H groups in total. The fourth-order valence-corrected chi connectivity index (χ4v) is 2.81. The largest absolute Gasteiger partial charge is 0.460 e. The molecule has 2 rings (SSSR count). The Balaban J connectivity index is 2.80. The summed E-state index contributed by atoms with van der Waals surface area (Å²) in [5.41, 5.74) is -4.67. The Morgan fingerprint density at radius 3 is 2.29 bits per heavy atom. The Morgan fingerprint density at radius 1 is 1.17 bits per heavy atom. The lowest BCUT2D eigenvalue weighted by molar-refractivity contribution is -0.144. The van der Waals surface area contributed by atoms with Crippen LogP contribution in [0.1, 0.15) is 13.8 Å². The van der Waals surface area contributed by atoms with Crippen LogP contribution in [0, 0.1) is 56.2 Å². The summed E-state index contributed by atoms with van der Waals surface area (Å²) < 4.78 is 5.11. The SMILES string of the molecule is CC(C)OC(=O)C1=CN2C=CC=CC2C(C#N)(C#N)C1(C#N)C#N. The van der Waals surface area contributed by atoms with Crippen LogP contribution >= 0.6 is 0 Å². The zero-order chi connectivity index (χ0) is 18.0. The second-order valence-corrected chi connectivity index (χ2v) is 5.62. The monoisotopic (exact) mass is 319 g/mol. The van der Waals surface area contributed by atoms with Crippen LogP contribution in [0.25, 0.3) is 0 Å². The Morgan fingerprint density at radius 2 is 1.79 bits per heavy atom. The molecule has 7 nitrogen and oxygen atoms in total. The van der Waals surface area contributed by atoms with Gasteiger partial charge in [0.15, 0.2) is 0 Å². The minimum Gasteiger partial charge on any atom is -0.460 e. The normalized spacial score (nSPS) is 22.2. The van der Waals surface area contributed by atoms with Crippen LogP contribution in [0.2, 0.25) is 0 Å². The van der Waals surface area contributed by atoms with Crippen molar-refractivity contribution in [3.8, 4) is 24.3 Å². The highest BCUT2D eigenvalue weighted by molar-refractivity contribution is 5.93. The zero-order valence-electron chi connectivity index (χ0n) is 13.1. The van der Waals surface area contributed by atoms with E-state index in [-0.39, 0.29) is 5.57 Å². The molecule has 1 atom stereocenters. The molecule has 118 valence electrons. The van der Waals surface area contributed by atoms with Crippen molar-refractivity contribution < 1.29 is 9.53 Å². The van der Waals surface area contributed by atoms with Gasteiger partial charge in [0.25, 0.3) is 0 Å². The summed E-state index contributed by atoms with van der Waals surface area (Å²) in [4.78, 5) is 13.9. The molecule has 0 amide bonds. The molecule has 2 heterocycles. The van der Waals surface area contributed by atoms with Gasteiger partial charge in [-0.3, -0.25) is 0 Å². The van der Waals surface area contributed by atoms with Gasteiger partial charge in [-0.15, -0.1) is 0 Å². The van der Waals surface area contributed by atoms with Crippen molar-refractivity contribution >= 4 is 5.97 Å². The van der Waals surface area contributed by atoms with E-state index in [1.165, 1.54) is 11.1 Å². The molecule has 0 aromatic rings. The third kappa shape index (κ3) is 2.04. The first-order valence-electron chi connectivity index (χ1n) is 7.13. The van der Waals surface area contributed by atoms with Crippen molar-refractivity contribution in [2.45, 2.75) is 26.0 Å². The highest BCUT2D eigenvalue weighted by atomic mass is 16.5. The van der Waals surface area contributed by atoms with Gasteiger partial charge in [-0.05, 0) is 19.9 Å². The van der Waals surface area contributed by atoms with Gasteiger partial charge in [0.2, 0.25) is 10.8 Å². The summed E-state index contributed by atoms with van der Waals surface area (Å²) in [6.07, 6.45) is 7.21. The molecule has 24 heavy (non-hydrogen) atoms. The fourth-order valence-electron chi connectivity index (χ4n) is 2.81. The maximum Gasteiger partial charge on any atom is 0.338 e. The number of carbonyl (C=O) groups excluding carboxylic acids is 1. The smallest absolute Gasteiger partial charge is 0.338 e. The lowest BCUT2D eigenvalue weighted by atomic mass is 9.56. The highest BCUT2D eigenvalue weighted by Gasteiger charge is 2.66. The predicted molar refractivity (Wildman–Crippen MR) is 80.5 cm³/mol. The van der Waals surface area contributed by atoms with E-state index in [2.05, 4.69) is 0 Å². The van der Waals surface area contributed by atoms with Gasteiger partial charge in [-0.25, -0.2) is 4.79 Å². The molecule has 0 saturated carbocycles. The molecule has 0 bridgehead atoms. The molecular formula is C17H13N5O2. The summed E-state index contributed by atoms with van der Waals surface area (Å²) in [7, 11) is 0. The summed E-state index contributed by atoms with van der Waals surface area (Å²) >= 11 is 0. The van der Waals surface area contributed by atoms with Crippen LogP contribution in [-0.4, -0.2) is 23.0 Å². The van der Waals surface area contributed by atoms with Gasteiger partial charge >= 0.3 is 5.97 Å². The molecule has 0 saturated heterocycles. The first kappa shape index (κ1) is 16.8. The molecule has 2 aliphatic heterocycles. The van der Waals surface area contributed by atoms with Crippen LogP contribution in [0.5, 0.6) is 0 Å². The van der Waals surface area contributed by atoms with Gasteiger partial charge in [-0.1, -0.05) is 12.2 Å². The first-order chi connectivity index (χ1) is 11.4. The van der Waals surface area contributed by atoms with Crippen LogP contribution in [0.15, 0.2) is 36.2 Å². The number of fused-ring (bicyclic) bond motifs is 1. The van der Waals surface area contributed by atoms with Gasteiger partial charge in [-0.2, -0.15) is 21.0 Å². The maximum atomic E-state index is 12.5.